The third-order valence-electron chi connectivity index (χ3n) is 3.24. The summed E-state index contributed by atoms with van der Waals surface area (Å²) in [5.74, 6) is 0. The zero-order valence-electron chi connectivity index (χ0n) is 10.5. The molecule has 0 amide bonds. The molecule has 19 heavy (non-hydrogen) atoms. The molecule has 0 spiro atoms. The number of nitrogens with zero attached hydrogens (tertiary/aromatic N) is 3. The lowest BCUT2D eigenvalue weighted by Crippen LogP contribution is -1.97. The van der Waals surface area contributed by atoms with E-state index in [-0.39, 0.29) is 0 Å². The average Bonchev–Trinajstić information content (AvgIpc) is 2.79. The van der Waals surface area contributed by atoms with E-state index in [1.807, 2.05) is 34.7 Å². The number of halogens is 1. The van der Waals surface area contributed by atoms with Crippen molar-refractivity contribution in [1.29, 1.82) is 5.26 Å². The van der Waals surface area contributed by atoms with Crippen molar-refractivity contribution in [3.8, 4) is 6.07 Å². The predicted octanol–water partition coefficient (Wildman–Crippen LogP) is 3.97. The van der Waals surface area contributed by atoms with Crippen molar-refractivity contribution >= 4 is 28.3 Å². The van der Waals surface area contributed by atoms with Crippen molar-refractivity contribution in [2.75, 3.05) is 0 Å². The Morgan fingerprint density at radius 1 is 1.37 bits per heavy atom. The molecule has 2 heterocycles. The summed E-state index contributed by atoms with van der Waals surface area (Å²) in [6, 6.07) is 11.9. The Kier molecular flexibility index (Phi) is 2.88. The number of aromatic nitrogens is 2. The van der Waals surface area contributed by atoms with Crippen molar-refractivity contribution in [3.05, 3.63) is 46.6 Å². The average molecular weight is 270 g/mol. The number of benzene rings is 1. The van der Waals surface area contributed by atoms with Crippen LogP contribution in [0.3, 0.4) is 0 Å². The van der Waals surface area contributed by atoms with Crippen LogP contribution in [0.5, 0.6) is 0 Å². The molecule has 0 N–H and O–H groups in total. The number of fused-ring (bicyclic) bond motifs is 3. The number of aryl methyl sites for hydroxylation is 1. The van der Waals surface area contributed by atoms with E-state index in [2.05, 4.69) is 18.0 Å². The van der Waals surface area contributed by atoms with Gasteiger partial charge in [0.05, 0.1) is 16.6 Å². The summed E-state index contributed by atoms with van der Waals surface area (Å²) in [6.07, 6.45) is 1.81. The number of pyridine rings is 1. The Morgan fingerprint density at radius 2 is 2.16 bits per heavy atom. The van der Waals surface area contributed by atoms with Crippen LogP contribution in [0.4, 0.5) is 0 Å². The number of imidazole rings is 1. The zero-order valence-corrected chi connectivity index (χ0v) is 11.3. The fraction of sp³-hybridized carbons (Fsp3) is 0.200. The van der Waals surface area contributed by atoms with Gasteiger partial charge < -0.3 is 0 Å². The molecule has 0 saturated carbocycles. The van der Waals surface area contributed by atoms with Crippen LogP contribution in [0, 0.1) is 11.3 Å². The third-order valence-corrected chi connectivity index (χ3v) is 3.52. The highest BCUT2D eigenvalue weighted by molar-refractivity contribution is 6.30. The van der Waals surface area contributed by atoms with Gasteiger partial charge in [-0.2, -0.15) is 5.26 Å². The summed E-state index contributed by atoms with van der Waals surface area (Å²) >= 11 is 6.36. The number of rotatable bonds is 2. The van der Waals surface area contributed by atoms with E-state index < -0.39 is 0 Å². The standard InChI is InChI=1S/C15H12ClN3/c1-2-5-10-8-14(16)19-13-7-4-3-6-12(13)18-15(19)11(10)9-17/h3-4,6-8H,2,5H2,1H3. The largest absolute Gasteiger partial charge is 0.282 e. The van der Waals surface area contributed by atoms with E-state index in [0.29, 0.717) is 16.4 Å². The Labute approximate surface area is 116 Å². The van der Waals surface area contributed by atoms with Crippen molar-refractivity contribution in [2.24, 2.45) is 0 Å². The number of hydrogen-bond acceptors (Lipinski definition) is 2. The minimum absolute atomic E-state index is 0.603. The van der Waals surface area contributed by atoms with Crippen molar-refractivity contribution in [2.45, 2.75) is 19.8 Å². The highest BCUT2D eigenvalue weighted by Gasteiger charge is 2.15. The van der Waals surface area contributed by atoms with E-state index in [4.69, 9.17) is 11.6 Å². The molecule has 3 rings (SSSR count). The lowest BCUT2D eigenvalue weighted by Gasteiger charge is -2.06. The normalized spacial score (nSPS) is 11.0. The van der Waals surface area contributed by atoms with Gasteiger partial charge in [-0.15, -0.1) is 0 Å². The van der Waals surface area contributed by atoms with E-state index in [1.165, 1.54) is 0 Å². The highest BCUT2D eigenvalue weighted by atomic mass is 35.5. The summed E-state index contributed by atoms with van der Waals surface area (Å²) in [6.45, 7) is 2.08. The van der Waals surface area contributed by atoms with Gasteiger partial charge in [0.1, 0.15) is 11.2 Å². The third kappa shape index (κ3) is 1.76. The maximum absolute atomic E-state index is 9.41. The molecule has 0 radical (unpaired) electrons. The zero-order chi connectivity index (χ0) is 13.4. The minimum Gasteiger partial charge on any atom is -0.282 e. The Bertz CT molecular complexity index is 811. The van der Waals surface area contributed by atoms with Gasteiger partial charge in [-0.3, -0.25) is 4.40 Å². The molecular formula is C15H12ClN3. The molecule has 94 valence electrons. The number of nitriles is 1. The SMILES string of the molecule is CCCc1cc(Cl)n2c(nc3ccccc32)c1C#N. The predicted molar refractivity (Wildman–Crippen MR) is 76.4 cm³/mol. The quantitative estimate of drug-likeness (QED) is 0.661. The number of hydrogen-bond donors (Lipinski definition) is 0. The lowest BCUT2D eigenvalue weighted by atomic mass is 10.1. The van der Waals surface area contributed by atoms with Gasteiger partial charge in [-0.1, -0.05) is 37.1 Å². The van der Waals surface area contributed by atoms with Gasteiger partial charge in [0.25, 0.3) is 0 Å². The molecular weight excluding hydrogens is 258 g/mol. The summed E-state index contributed by atoms with van der Waals surface area (Å²) in [7, 11) is 0. The van der Waals surface area contributed by atoms with E-state index >= 15 is 0 Å². The molecule has 2 aromatic heterocycles. The molecule has 4 heteroatoms. The maximum atomic E-state index is 9.41. The van der Waals surface area contributed by atoms with Crippen molar-refractivity contribution in [1.82, 2.24) is 9.38 Å². The lowest BCUT2D eigenvalue weighted by molar-refractivity contribution is 0.914. The molecule has 0 atom stereocenters. The van der Waals surface area contributed by atoms with Crippen LogP contribution in [0.1, 0.15) is 24.5 Å². The van der Waals surface area contributed by atoms with Crippen LogP contribution < -0.4 is 0 Å². The Hall–Kier alpha value is -2.05. The monoisotopic (exact) mass is 269 g/mol. The van der Waals surface area contributed by atoms with E-state index in [9.17, 15) is 5.26 Å². The van der Waals surface area contributed by atoms with Gasteiger partial charge in [0, 0.05) is 0 Å². The molecule has 3 nitrogen and oxygen atoms in total. The topological polar surface area (TPSA) is 41.1 Å². The molecule has 0 aliphatic carbocycles. The van der Waals surface area contributed by atoms with Crippen LogP contribution in [0.2, 0.25) is 5.15 Å². The van der Waals surface area contributed by atoms with Crippen LogP contribution in [0.25, 0.3) is 16.7 Å². The molecule has 0 fully saturated rings. The fourth-order valence-electron chi connectivity index (χ4n) is 2.42. The van der Waals surface area contributed by atoms with Crippen molar-refractivity contribution in [3.63, 3.8) is 0 Å². The summed E-state index contributed by atoms with van der Waals surface area (Å²) in [5, 5.41) is 10.0. The van der Waals surface area contributed by atoms with Crippen LogP contribution in [-0.2, 0) is 6.42 Å². The molecule has 0 bridgehead atoms. The van der Waals surface area contributed by atoms with Gasteiger partial charge in [-0.25, -0.2) is 4.98 Å². The Morgan fingerprint density at radius 3 is 2.89 bits per heavy atom. The minimum atomic E-state index is 0.603. The summed E-state index contributed by atoms with van der Waals surface area (Å²) in [4.78, 5) is 4.55. The first-order valence-corrected chi connectivity index (χ1v) is 6.62. The first-order valence-electron chi connectivity index (χ1n) is 6.25. The summed E-state index contributed by atoms with van der Waals surface area (Å²) < 4.78 is 1.84. The van der Waals surface area contributed by atoms with Gasteiger partial charge in [0.15, 0.2) is 5.65 Å². The maximum Gasteiger partial charge on any atom is 0.157 e. The van der Waals surface area contributed by atoms with E-state index in [1.54, 1.807) is 0 Å². The molecule has 0 saturated heterocycles. The molecule has 1 aromatic carbocycles. The molecule has 0 unspecified atom stereocenters. The second-order valence-corrected chi connectivity index (χ2v) is 4.88. The first-order chi connectivity index (χ1) is 9.26. The van der Waals surface area contributed by atoms with Crippen LogP contribution in [0.15, 0.2) is 30.3 Å². The fourth-order valence-corrected chi connectivity index (χ4v) is 2.73. The smallest absolute Gasteiger partial charge is 0.157 e. The summed E-state index contributed by atoms with van der Waals surface area (Å²) in [5.41, 5.74) is 4.04. The van der Waals surface area contributed by atoms with Crippen molar-refractivity contribution < 1.29 is 0 Å². The van der Waals surface area contributed by atoms with Crippen LogP contribution >= 0.6 is 11.6 Å². The number of para-hydroxylation sites is 2. The van der Waals surface area contributed by atoms with E-state index in [0.717, 1.165) is 29.4 Å². The second kappa shape index (κ2) is 4.56. The molecule has 3 aromatic rings. The van der Waals surface area contributed by atoms with Gasteiger partial charge in [0.2, 0.25) is 0 Å². The molecule has 0 aliphatic rings. The van der Waals surface area contributed by atoms with Gasteiger partial charge in [-0.05, 0) is 30.2 Å². The first kappa shape index (κ1) is 12.0. The van der Waals surface area contributed by atoms with Gasteiger partial charge >= 0.3 is 0 Å². The second-order valence-electron chi connectivity index (χ2n) is 4.49. The highest BCUT2D eigenvalue weighted by Crippen LogP contribution is 2.27. The Balaban J connectivity index is 2.48. The molecule has 0 aliphatic heterocycles. The van der Waals surface area contributed by atoms with Crippen LogP contribution in [-0.4, -0.2) is 9.38 Å².